The third-order valence-corrected chi connectivity index (χ3v) is 6.59. The highest BCUT2D eigenvalue weighted by atomic mass is 15.4. The molecule has 6 nitrogen and oxygen atoms in total. The fourth-order valence-corrected chi connectivity index (χ4v) is 5.08. The minimum absolute atomic E-state index is 0.530. The van der Waals surface area contributed by atoms with Crippen molar-refractivity contribution >= 4 is 17.8 Å². The number of aromatic nitrogens is 3. The first-order valence-electron chi connectivity index (χ1n) is 11.3. The third-order valence-electron chi connectivity index (χ3n) is 6.59. The molecule has 2 unspecified atom stereocenters. The molecule has 0 radical (unpaired) electrons. The lowest BCUT2D eigenvalue weighted by Gasteiger charge is -2.37. The van der Waals surface area contributed by atoms with Gasteiger partial charge in [0.25, 0.3) is 0 Å². The Balaban J connectivity index is 1.46. The van der Waals surface area contributed by atoms with Crippen LogP contribution >= 0.6 is 0 Å². The van der Waals surface area contributed by atoms with Crippen molar-refractivity contribution < 1.29 is 0 Å². The number of hydrogen-bond donors (Lipinski definition) is 0. The summed E-state index contributed by atoms with van der Waals surface area (Å²) in [6, 6.07) is 10.9. The monoisotopic (exact) mass is 392 g/mol. The number of piperidine rings is 1. The van der Waals surface area contributed by atoms with Crippen molar-refractivity contribution in [3.8, 4) is 0 Å². The standard InChI is InChI=1S/C23H32N6/c1-18-15-20(19-9-3-2-4-10-19)17-29(16-18)23-25-21(27-11-5-6-12-27)24-22(26-23)28-13-7-8-14-28/h2-4,9-10,18,20H,5-8,11-17H2,1H3. The lowest BCUT2D eigenvalue weighted by molar-refractivity contribution is 0.398. The van der Waals surface area contributed by atoms with Gasteiger partial charge in [-0.15, -0.1) is 0 Å². The van der Waals surface area contributed by atoms with E-state index < -0.39 is 0 Å². The van der Waals surface area contributed by atoms with Crippen molar-refractivity contribution in [2.75, 3.05) is 54.0 Å². The molecule has 154 valence electrons. The molecule has 0 saturated carbocycles. The second-order valence-electron chi connectivity index (χ2n) is 8.98. The molecule has 0 N–H and O–H groups in total. The first-order chi connectivity index (χ1) is 14.3. The van der Waals surface area contributed by atoms with Gasteiger partial charge >= 0.3 is 0 Å². The topological polar surface area (TPSA) is 48.4 Å². The SMILES string of the molecule is CC1CC(c2ccccc2)CN(c2nc(N3CCCC3)nc(N3CCCC3)n2)C1. The van der Waals surface area contributed by atoms with E-state index in [0.717, 1.165) is 57.1 Å². The van der Waals surface area contributed by atoms with Crippen molar-refractivity contribution in [3.63, 3.8) is 0 Å². The van der Waals surface area contributed by atoms with Gasteiger partial charge in [-0.25, -0.2) is 0 Å². The molecule has 3 aliphatic rings. The molecule has 5 rings (SSSR count). The highest BCUT2D eigenvalue weighted by molar-refractivity contribution is 5.48. The summed E-state index contributed by atoms with van der Waals surface area (Å²) in [6.07, 6.45) is 6.16. The average Bonchev–Trinajstić information content (AvgIpc) is 3.48. The van der Waals surface area contributed by atoms with E-state index in [4.69, 9.17) is 15.0 Å². The molecule has 3 fully saturated rings. The zero-order chi connectivity index (χ0) is 19.6. The molecule has 0 bridgehead atoms. The zero-order valence-electron chi connectivity index (χ0n) is 17.5. The van der Waals surface area contributed by atoms with Crippen molar-refractivity contribution in [2.24, 2.45) is 5.92 Å². The van der Waals surface area contributed by atoms with Gasteiger partial charge in [0.05, 0.1) is 0 Å². The smallest absolute Gasteiger partial charge is 0.231 e. The second kappa shape index (κ2) is 8.17. The zero-order valence-corrected chi connectivity index (χ0v) is 17.5. The van der Waals surface area contributed by atoms with Gasteiger partial charge in [0, 0.05) is 45.2 Å². The van der Waals surface area contributed by atoms with Crippen LogP contribution in [0.4, 0.5) is 17.8 Å². The minimum Gasteiger partial charge on any atom is -0.341 e. The molecular formula is C23H32N6. The molecule has 3 saturated heterocycles. The molecule has 3 aliphatic heterocycles. The number of hydrogen-bond acceptors (Lipinski definition) is 6. The molecule has 1 aromatic carbocycles. The van der Waals surface area contributed by atoms with Crippen LogP contribution in [-0.4, -0.2) is 54.2 Å². The fourth-order valence-electron chi connectivity index (χ4n) is 5.08. The van der Waals surface area contributed by atoms with Crippen molar-refractivity contribution in [1.29, 1.82) is 0 Å². The second-order valence-corrected chi connectivity index (χ2v) is 8.98. The Hall–Kier alpha value is -2.37. The molecule has 6 heteroatoms. The third kappa shape index (κ3) is 4.02. The van der Waals surface area contributed by atoms with E-state index >= 15 is 0 Å². The first-order valence-corrected chi connectivity index (χ1v) is 11.3. The van der Waals surface area contributed by atoms with Gasteiger partial charge in [0.15, 0.2) is 0 Å². The maximum atomic E-state index is 4.98. The fraction of sp³-hybridized carbons (Fsp3) is 0.609. The van der Waals surface area contributed by atoms with Gasteiger partial charge in [-0.2, -0.15) is 15.0 Å². The summed E-state index contributed by atoms with van der Waals surface area (Å²) in [4.78, 5) is 21.9. The number of anilines is 3. The Bertz CT molecular complexity index is 779. The van der Waals surface area contributed by atoms with Crippen LogP contribution in [0.15, 0.2) is 30.3 Å². The Morgan fingerprint density at radius 1 is 0.690 bits per heavy atom. The van der Waals surface area contributed by atoms with Crippen LogP contribution in [0.5, 0.6) is 0 Å². The highest BCUT2D eigenvalue weighted by Crippen LogP contribution is 2.33. The minimum atomic E-state index is 0.530. The van der Waals surface area contributed by atoms with Gasteiger partial charge in [0.1, 0.15) is 0 Å². The van der Waals surface area contributed by atoms with E-state index in [1.54, 1.807) is 0 Å². The lowest BCUT2D eigenvalue weighted by atomic mass is 9.85. The van der Waals surface area contributed by atoms with E-state index in [1.807, 2.05) is 0 Å². The number of benzene rings is 1. The van der Waals surface area contributed by atoms with Crippen LogP contribution in [0.25, 0.3) is 0 Å². The van der Waals surface area contributed by atoms with Gasteiger partial charge in [-0.05, 0) is 43.6 Å². The molecular weight excluding hydrogens is 360 g/mol. The summed E-state index contributed by atoms with van der Waals surface area (Å²) in [5.41, 5.74) is 1.43. The van der Waals surface area contributed by atoms with Gasteiger partial charge in [-0.1, -0.05) is 37.3 Å². The van der Waals surface area contributed by atoms with Crippen molar-refractivity contribution in [1.82, 2.24) is 15.0 Å². The lowest BCUT2D eigenvalue weighted by Crippen LogP contribution is -2.40. The Labute approximate surface area is 174 Å². The van der Waals surface area contributed by atoms with Crippen LogP contribution in [0.1, 0.15) is 50.5 Å². The molecule has 1 aromatic heterocycles. The molecule has 2 aromatic rings. The van der Waals surface area contributed by atoms with Gasteiger partial charge < -0.3 is 14.7 Å². The van der Waals surface area contributed by atoms with E-state index in [2.05, 4.69) is 52.0 Å². The van der Waals surface area contributed by atoms with E-state index in [1.165, 1.54) is 37.7 Å². The number of rotatable bonds is 4. The first kappa shape index (κ1) is 18.6. The maximum absolute atomic E-state index is 4.98. The summed E-state index contributed by atoms with van der Waals surface area (Å²) in [6.45, 7) is 8.60. The van der Waals surface area contributed by atoms with E-state index in [9.17, 15) is 0 Å². The summed E-state index contributed by atoms with van der Waals surface area (Å²) < 4.78 is 0. The average molecular weight is 393 g/mol. The van der Waals surface area contributed by atoms with Crippen LogP contribution in [0.2, 0.25) is 0 Å². The van der Waals surface area contributed by atoms with E-state index in [0.29, 0.717) is 11.8 Å². The molecule has 29 heavy (non-hydrogen) atoms. The van der Waals surface area contributed by atoms with E-state index in [-0.39, 0.29) is 0 Å². The van der Waals surface area contributed by atoms with Crippen LogP contribution in [0, 0.1) is 5.92 Å². The maximum Gasteiger partial charge on any atom is 0.231 e. The largest absolute Gasteiger partial charge is 0.341 e. The summed E-state index contributed by atoms with van der Waals surface area (Å²) >= 11 is 0. The molecule has 4 heterocycles. The molecule has 2 atom stereocenters. The Morgan fingerprint density at radius 2 is 1.21 bits per heavy atom. The van der Waals surface area contributed by atoms with Crippen LogP contribution < -0.4 is 14.7 Å². The summed E-state index contributed by atoms with van der Waals surface area (Å²) in [5, 5.41) is 0. The Morgan fingerprint density at radius 3 is 1.76 bits per heavy atom. The summed E-state index contributed by atoms with van der Waals surface area (Å²) in [7, 11) is 0. The molecule has 0 spiro atoms. The van der Waals surface area contributed by atoms with Crippen molar-refractivity contribution in [2.45, 2.75) is 44.9 Å². The van der Waals surface area contributed by atoms with Gasteiger partial charge in [0.2, 0.25) is 17.8 Å². The van der Waals surface area contributed by atoms with Gasteiger partial charge in [-0.3, -0.25) is 0 Å². The molecule has 0 aliphatic carbocycles. The van der Waals surface area contributed by atoms with Crippen molar-refractivity contribution in [3.05, 3.63) is 35.9 Å². The predicted octanol–water partition coefficient (Wildman–Crippen LogP) is 3.70. The highest BCUT2D eigenvalue weighted by Gasteiger charge is 2.29. The quantitative estimate of drug-likeness (QED) is 0.791. The predicted molar refractivity (Wildman–Crippen MR) is 118 cm³/mol. The molecule has 0 amide bonds. The van der Waals surface area contributed by atoms with Crippen LogP contribution in [-0.2, 0) is 0 Å². The summed E-state index contributed by atoms with van der Waals surface area (Å²) in [5.74, 6) is 3.78. The normalized spacial score (nSPS) is 25.1. The Kier molecular flexibility index (Phi) is 5.25. The van der Waals surface area contributed by atoms with Crippen LogP contribution in [0.3, 0.4) is 0 Å². The number of nitrogens with zero attached hydrogens (tertiary/aromatic N) is 6.